The molecule has 114 valence electrons. The van der Waals surface area contributed by atoms with Crippen LogP contribution in [0.15, 0.2) is 24.5 Å². The van der Waals surface area contributed by atoms with Crippen LogP contribution in [0.5, 0.6) is 0 Å². The van der Waals surface area contributed by atoms with E-state index in [0.717, 1.165) is 13.1 Å². The van der Waals surface area contributed by atoms with E-state index >= 15 is 0 Å². The smallest absolute Gasteiger partial charge is 0.338 e. The summed E-state index contributed by atoms with van der Waals surface area (Å²) in [6.07, 6.45) is 5.17. The van der Waals surface area contributed by atoms with E-state index in [1.54, 1.807) is 6.07 Å². The number of aromatic nitrogens is 3. The molecule has 6 nitrogen and oxygen atoms in total. The van der Waals surface area contributed by atoms with Gasteiger partial charge < -0.3 is 10.0 Å². The van der Waals surface area contributed by atoms with E-state index in [0.29, 0.717) is 16.8 Å². The van der Waals surface area contributed by atoms with Crippen molar-refractivity contribution in [1.29, 1.82) is 0 Å². The van der Waals surface area contributed by atoms with E-state index in [1.165, 1.54) is 29.9 Å². The standard InChI is InChI=1S/C15H15FN4O2/c16-13-10(6-20-7-11(5-17-20)14(21)22)1-2-12(18-13)19-8-15(9-19)3-4-15/h1-2,5,7H,3-4,6,8-9H2,(H,21,22). The molecule has 7 heteroatoms. The summed E-state index contributed by atoms with van der Waals surface area (Å²) >= 11 is 0. The number of carbonyl (C=O) groups is 1. The fourth-order valence-corrected chi connectivity index (χ4v) is 2.90. The molecular formula is C15H15FN4O2. The van der Waals surface area contributed by atoms with Gasteiger partial charge in [0.05, 0.1) is 18.3 Å². The number of aromatic carboxylic acids is 1. The molecule has 0 bridgehead atoms. The average molecular weight is 302 g/mol. The van der Waals surface area contributed by atoms with Crippen molar-refractivity contribution in [3.63, 3.8) is 0 Å². The highest BCUT2D eigenvalue weighted by molar-refractivity contribution is 5.86. The highest BCUT2D eigenvalue weighted by Gasteiger charge is 2.52. The van der Waals surface area contributed by atoms with Crippen molar-refractivity contribution in [2.45, 2.75) is 19.4 Å². The second-order valence-corrected chi connectivity index (χ2v) is 6.21. The third-order valence-electron chi connectivity index (χ3n) is 4.46. The van der Waals surface area contributed by atoms with Crippen LogP contribution in [0.2, 0.25) is 0 Å². The van der Waals surface area contributed by atoms with Gasteiger partial charge in [0.1, 0.15) is 5.82 Å². The van der Waals surface area contributed by atoms with Gasteiger partial charge in [-0.2, -0.15) is 9.49 Å². The maximum absolute atomic E-state index is 14.1. The second-order valence-electron chi connectivity index (χ2n) is 6.21. The SMILES string of the molecule is O=C(O)c1cnn(Cc2ccc(N3CC4(CC4)C3)nc2F)c1. The highest BCUT2D eigenvalue weighted by Crippen LogP contribution is 2.53. The van der Waals surface area contributed by atoms with Crippen LogP contribution in [-0.4, -0.2) is 38.9 Å². The normalized spacial score (nSPS) is 18.3. The number of halogens is 1. The lowest BCUT2D eigenvalue weighted by Crippen LogP contribution is -2.48. The predicted octanol–water partition coefficient (Wildman–Crippen LogP) is 1.76. The molecule has 0 unspecified atom stereocenters. The van der Waals surface area contributed by atoms with E-state index in [4.69, 9.17) is 5.11 Å². The number of hydrogen-bond donors (Lipinski definition) is 1. The number of carboxylic acid groups (broad SMARTS) is 1. The summed E-state index contributed by atoms with van der Waals surface area (Å²) in [5.74, 6) is -0.904. The number of hydrogen-bond acceptors (Lipinski definition) is 4. The van der Waals surface area contributed by atoms with Crippen molar-refractivity contribution >= 4 is 11.8 Å². The van der Waals surface area contributed by atoms with Gasteiger partial charge in [0.25, 0.3) is 0 Å². The molecule has 1 saturated heterocycles. The molecular weight excluding hydrogens is 287 g/mol. The van der Waals surface area contributed by atoms with Crippen LogP contribution in [0.25, 0.3) is 0 Å². The Kier molecular flexibility index (Phi) is 2.72. The van der Waals surface area contributed by atoms with Gasteiger partial charge in [-0.3, -0.25) is 4.68 Å². The summed E-state index contributed by atoms with van der Waals surface area (Å²) in [5.41, 5.74) is 0.977. The molecule has 2 aromatic rings. The summed E-state index contributed by atoms with van der Waals surface area (Å²) in [5, 5.41) is 12.8. The summed E-state index contributed by atoms with van der Waals surface area (Å²) in [6.45, 7) is 2.11. The van der Waals surface area contributed by atoms with Crippen molar-refractivity contribution in [3.05, 3.63) is 41.6 Å². The van der Waals surface area contributed by atoms with Crippen LogP contribution in [0.4, 0.5) is 10.2 Å². The molecule has 1 aliphatic carbocycles. The summed E-state index contributed by atoms with van der Waals surface area (Å²) < 4.78 is 15.5. The van der Waals surface area contributed by atoms with E-state index < -0.39 is 11.9 Å². The third kappa shape index (κ3) is 2.22. The van der Waals surface area contributed by atoms with Crippen molar-refractivity contribution in [2.24, 2.45) is 5.41 Å². The van der Waals surface area contributed by atoms with E-state index in [9.17, 15) is 9.18 Å². The number of rotatable bonds is 4. The van der Waals surface area contributed by atoms with Gasteiger partial charge in [-0.1, -0.05) is 0 Å². The molecule has 1 aliphatic heterocycles. The van der Waals surface area contributed by atoms with Crippen molar-refractivity contribution in [3.8, 4) is 0 Å². The largest absolute Gasteiger partial charge is 0.478 e. The topological polar surface area (TPSA) is 71.2 Å². The number of pyridine rings is 1. The van der Waals surface area contributed by atoms with Crippen LogP contribution in [0, 0.1) is 11.4 Å². The minimum absolute atomic E-state index is 0.0836. The Bertz CT molecular complexity index is 746. The molecule has 1 spiro atoms. The number of nitrogens with zero attached hydrogens (tertiary/aromatic N) is 4. The van der Waals surface area contributed by atoms with Gasteiger partial charge in [-0.05, 0) is 25.0 Å². The molecule has 0 aromatic carbocycles. The lowest BCUT2D eigenvalue weighted by Gasteiger charge is -2.40. The molecule has 0 radical (unpaired) electrons. The maximum atomic E-state index is 14.1. The first kappa shape index (κ1) is 13.2. The third-order valence-corrected chi connectivity index (χ3v) is 4.46. The van der Waals surface area contributed by atoms with E-state index in [2.05, 4.69) is 15.0 Å². The Morgan fingerprint density at radius 3 is 2.73 bits per heavy atom. The molecule has 1 N–H and O–H groups in total. The maximum Gasteiger partial charge on any atom is 0.338 e. The first-order chi connectivity index (χ1) is 10.5. The Labute approximate surface area is 126 Å². The minimum atomic E-state index is -1.05. The minimum Gasteiger partial charge on any atom is -0.478 e. The zero-order valence-corrected chi connectivity index (χ0v) is 11.9. The molecule has 22 heavy (non-hydrogen) atoms. The molecule has 0 amide bonds. The predicted molar refractivity (Wildman–Crippen MR) is 76.4 cm³/mol. The van der Waals surface area contributed by atoms with Gasteiger partial charge >= 0.3 is 5.97 Å². The lowest BCUT2D eigenvalue weighted by molar-refractivity contribution is 0.0697. The summed E-state index contributed by atoms with van der Waals surface area (Å²) in [6, 6.07) is 3.51. The first-order valence-electron chi connectivity index (χ1n) is 7.21. The van der Waals surface area contributed by atoms with Gasteiger partial charge in [-0.25, -0.2) is 9.78 Å². The average Bonchev–Trinajstić information content (AvgIpc) is 3.11. The van der Waals surface area contributed by atoms with E-state index in [-0.39, 0.29) is 12.1 Å². The fraction of sp³-hybridized carbons (Fsp3) is 0.400. The van der Waals surface area contributed by atoms with Gasteiger partial charge in [0.2, 0.25) is 5.95 Å². The lowest BCUT2D eigenvalue weighted by atomic mass is 9.97. The Hall–Kier alpha value is -2.44. The molecule has 2 fully saturated rings. The van der Waals surface area contributed by atoms with Crippen LogP contribution in [0.3, 0.4) is 0 Å². The van der Waals surface area contributed by atoms with Crippen LogP contribution >= 0.6 is 0 Å². The summed E-state index contributed by atoms with van der Waals surface area (Å²) in [4.78, 5) is 16.9. The molecule has 3 heterocycles. The van der Waals surface area contributed by atoms with Crippen LogP contribution < -0.4 is 4.90 Å². The van der Waals surface area contributed by atoms with Crippen molar-refractivity contribution in [1.82, 2.24) is 14.8 Å². The number of carboxylic acids is 1. The zero-order chi connectivity index (χ0) is 15.3. The number of anilines is 1. The highest BCUT2D eigenvalue weighted by atomic mass is 19.1. The first-order valence-corrected chi connectivity index (χ1v) is 7.21. The fourth-order valence-electron chi connectivity index (χ4n) is 2.90. The zero-order valence-electron chi connectivity index (χ0n) is 11.9. The Morgan fingerprint density at radius 1 is 1.36 bits per heavy atom. The Morgan fingerprint density at radius 2 is 2.14 bits per heavy atom. The summed E-state index contributed by atoms with van der Waals surface area (Å²) in [7, 11) is 0. The van der Waals surface area contributed by atoms with Crippen LogP contribution in [-0.2, 0) is 6.54 Å². The second kappa shape index (κ2) is 4.53. The molecule has 2 aromatic heterocycles. The molecule has 2 aliphatic rings. The Balaban J connectivity index is 1.48. The molecule has 4 rings (SSSR count). The quantitative estimate of drug-likeness (QED) is 0.871. The van der Waals surface area contributed by atoms with Gasteiger partial charge in [0, 0.05) is 30.3 Å². The van der Waals surface area contributed by atoms with Crippen LogP contribution in [0.1, 0.15) is 28.8 Å². The van der Waals surface area contributed by atoms with E-state index in [1.807, 2.05) is 6.07 Å². The molecule has 1 saturated carbocycles. The van der Waals surface area contributed by atoms with Crippen molar-refractivity contribution in [2.75, 3.05) is 18.0 Å². The van der Waals surface area contributed by atoms with Gasteiger partial charge in [-0.15, -0.1) is 0 Å². The van der Waals surface area contributed by atoms with Crippen molar-refractivity contribution < 1.29 is 14.3 Å². The van der Waals surface area contributed by atoms with Gasteiger partial charge in [0.15, 0.2) is 0 Å². The monoisotopic (exact) mass is 302 g/mol. The molecule has 0 atom stereocenters.